The van der Waals surface area contributed by atoms with Crippen molar-refractivity contribution in [1.29, 1.82) is 0 Å². The third kappa shape index (κ3) is 2.83. The first-order chi connectivity index (χ1) is 16.0. The summed E-state index contributed by atoms with van der Waals surface area (Å²) < 4.78 is 0. The molecule has 0 spiro atoms. The molecule has 5 nitrogen and oxygen atoms in total. The van der Waals surface area contributed by atoms with E-state index in [0.29, 0.717) is 19.3 Å². The molecule has 3 N–H and O–H groups in total. The number of ketones is 1. The summed E-state index contributed by atoms with van der Waals surface area (Å²) in [5.41, 5.74) is -1.78. The Kier molecular flexibility index (Phi) is 5.25. The molecule has 196 valence electrons. The van der Waals surface area contributed by atoms with Gasteiger partial charge in [0, 0.05) is 17.8 Å². The van der Waals surface area contributed by atoms with Gasteiger partial charge in [-0.2, -0.15) is 0 Å². The summed E-state index contributed by atoms with van der Waals surface area (Å²) in [5, 5.41) is 33.2. The summed E-state index contributed by atoms with van der Waals surface area (Å²) >= 11 is 0. The highest BCUT2D eigenvalue weighted by Crippen LogP contribution is 2.75. The minimum Gasteiger partial charge on any atom is -0.481 e. The SMILES string of the molecule is C[C@H]1CC[C@@]2(C(=O)O)CC[C@@]3(C)C(=CC[C@@H]4[C@@]5(C)CC(=O)[C@@H](O)C(C)(C)[C@@H]5CC[C@@]43C)[C@@H]2[C@@]1(C)O. The average molecular weight is 487 g/mol. The maximum atomic E-state index is 13.1. The van der Waals surface area contributed by atoms with Crippen molar-refractivity contribution in [1.82, 2.24) is 0 Å². The molecule has 0 amide bonds. The van der Waals surface area contributed by atoms with Gasteiger partial charge in [0.05, 0.1) is 11.0 Å². The summed E-state index contributed by atoms with van der Waals surface area (Å²) in [4.78, 5) is 25.9. The number of allylic oxidation sites excluding steroid dienone is 1. The maximum absolute atomic E-state index is 13.1. The van der Waals surface area contributed by atoms with E-state index >= 15 is 0 Å². The number of hydrogen-bond donors (Lipinski definition) is 3. The molecule has 5 heteroatoms. The number of rotatable bonds is 1. The average Bonchev–Trinajstić information content (AvgIpc) is 2.75. The first-order valence-electron chi connectivity index (χ1n) is 13.9. The largest absolute Gasteiger partial charge is 0.481 e. The number of fused-ring (bicyclic) bond motifs is 7. The molecule has 0 aliphatic heterocycles. The fourth-order valence-electron chi connectivity index (χ4n) is 10.8. The van der Waals surface area contributed by atoms with Crippen LogP contribution in [0.1, 0.15) is 99.8 Å². The van der Waals surface area contributed by atoms with Crippen molar-refractivity contribution in [2.75, 3.05) is 0 Å². The standard InChI is InChI=1S/C30H46O5/c1-17-10-13-30(24(33)34)15-14-27(5)18(22(30)29(17,7)35)8-9-21-26(4)16-19(31)23(32)25(2,3)20(26)11-12-28(21,27)6/h8,17,20-23,32,35H,9-16H2,1-7H3,(H,33,34)/t17-,20-,21+,22+,23+,26-,27-,28-,29-,30+/m0/s1. The van der Waals surface area contributed by atoms with E-state index < -0.39 is 28.5 Å². The zero-order chi connectivity index (χ0) is 26.0. The summed E-state index contributed by atoms with van der Waals surface area (Å²) in [6, 6.07) is 0. The Hall–Kier alpha value is -1.20. The van der Waals surface area contributed by atoms with E-state index in [1.54, 1.807) is 0 Å². The van der Waals surface area contributed by atoms with Crippen LogP contribution in [-0.2, 0) is 9.59 Å². The van der Waals surface area contributed by atoms with Crippen molar-refractivity contribution in [3.8, 4) is 0 Å². The number of hydrogen-bond acceptors (Lipinski definition) is 4. The highest BCUT2D eigenvalue weighted by Gasteiger charge is 2.71. The van der Waals surface area contributed by atoms with E-state index in [2.05, 4.69) is 47.6 Å². The highest BCUT2D eigenvalue weighted by atomic mass is 16.4. The zero-order valence-electron chi connectivity index (χ0n) is 22.8. The summed E-state index contributed by atoms with van der Waals surface area (Å²) in [6.07, 6.45) is 7.35. The van der Waals surface area contributed by atoms with Crippen molar-refractivity contribution in [2.45, 2.75) is 112 Å². The first-order valence-corrected chi connectivity index (χ1v) is 13.9. The number of carboxylic acid groups (broad SMARTS) is 1. The number of carboxylic acids is 1. The van der Waals surface area contributed by atoms with E-state index in [1.165, 1.54) is 5.57 Å². The van der Waals surface area contributed by atoms with Gasteiger partial charge in [0.2, 0.25) is 0 Å². The molecule has 10 atom stereocenters. The molecule has 0 saturated heterocycles. The monoisotopic (exact) mass is 486 g/mol. The molecule has 0 aromatic carbocycles. The van der Waals surface area contributed by atoms with Crippen LogP contribution in [0, 0.1) is 50.7 Å². The number of aliphatic hydroxyl groups is 2. The van der Waals surface area contributed by atoms with E-state index in [4.69, 9.17) is 0 Å². The summed E-state index contributed by atoms with van der Waals surface area (Å²) in [7, 11) is 0. The van der Waals surface area contributed by atoms with Crippen molar-refractivity contribution in [2.24, 2.45) is 50.7 Å². The van der Waals surface area contributed by atoms with Crippen LogP contribution >= 0.6 is 0 Å². The van der Waals surface area contributed by atoms with E-state index in [0.717, 1.165) is 32.1 Å². The van der Waals surface area contributed by atoms with E-state index in [9.17, 15) is 24.9 Å². The van der Waals surface area contributed by atoms with Crippen LogP contribution in [0.25, 0.3) is 0 Å². The van der Waals surface area contributed by atoms with Crippen LogP contribution in [-0.4, -0.2) is 38.8 Å². The predicted molar refractivity (Wildman–Crippen MR) is 134 cm³/mol. The number of carbonyl (C=O) groups excluding carboxylic acids is 1. The van der Waals surface area contributed by atoms with Crippen LogP contribution in [0.5, 0.6) is 0 Å². The molecule has 4 fully saturated rings. The van der Waals surface area contributed by atoms with Gasteiger partial charge in [-0.05, 0) is 85.9 Å². The Balaban J connectivity index is 1.65. The minimum atomic E-state index is -1.07. The molecule has 0 aromatic heterocycles. The lowest BCUT2D eigenvalue weighted by Crippen LogP contribution is -2.68. The van der Waals surface area contributed by atoms with Gasteiger partial charge in [-0.3, -0.25) is 9.59 Å². The maximum Gasteiger partial charge on any atom is 0.310 e. The molecule has 0 bridgehead atoms. The molecule has 5 aliphatic rings. The van der Waals surface area contributed by atoms with E-state index in [-0.39, 0.29) is 45.7 Å². The van der Waals surface area contributed by atoms with Gasteiger partial charge >= 0.3 is 5.97 Å². The Morgan fingerprint density at radius 1 is 0.971 bits per heavy atom. The molecule has 35 heavy (non-hydrogen) atoms. The van der Waals surface area contributed by atoms with Crippen LogP contribution in [0.15, 0.2) is 11.6 Å². The van der Waals surface area contributed by atoms with Crippen molar-refractivity contribution >= 4 is 11.8 Å². The molecule has 0 radical (unpaired) electrons. The van der Waals surface area contributed by atoms with Crippen molar-refractivity contribution in [3.05, 3.63) is 11.6 Å². The fraction of sp³-hybridized carbons (Fsp3) is 0.867. The number of Topliss-reactive ketones (excluding diaryl/α,β-unsaturated/α-hetero) is 1. The predicted octanol–water partition coefficient (Wildman–Crippen LogP) is 5.38. The Morgan fingerprint density at radius 2 is 1.63 bits per heavy atom. The van der Waals surface area contributed by atoms with Crippen LogP contribution < -0.4 is 0 Å². The molecule has 5 aliphatic carbocycles. The minimum absolute atomic E-state index is 0.0319. The van der Waals surface area contributed by atoms with Gasteiger partial charge in [-0.1, -0.05) is 53.2 Å². The van der Waals surface area contributed by atoms with Gasteiger partial charge in [0.1, 0.15) is 6.10 Å². The molecule has 0 heterocycles. The topological polar surface area (TPSA) is 94.8 Å². The quantitative estimate of drug-likeness (QED) is 0.432. The Labute approximate surface area is 210 Å². The third-order valence-electron chi connectivity index (χ3n) is 13.2. The van der Waals surface area contributed by atoms with Gasteiger partial charge in [-0.15, -0.1) is 0 Å². The molecule has 0 aromatic rings. The highest BCUT2D eigenvalue weighted by molar-refractivity contribution is 5.85. The van der Waals surface area contributed by atoms with Crippen LogP contribution in [0.2, 0.25) is 0 Å². The number of carbonyl (C=O) groups is 2. The van der Waals surface area contributed by atoms with Crippen molar-refractivity contribution in [3.63, 3.8) is 0 Å². The zero-order valence-corrected chi connectivity index (χ0v) is 22.8. The number of aliphatic hydroxyl groups excluding tert-OH is 1. The second kappa shape index (κ2) is 7.22. The lowest BCUT2D eigenvalue weighted by atomic mass is 9.33. The fourth-order valence-corrected chi connectivity index (χ4v) is 10.8. The molecule has 5 rings (SSSR count). The second-order valence-corrected chi connectivity index (χ2v) is 14.7. The first kappa shape index (κ1) is 25.4. The molecule has 0 unspecified atom stereocenters. The Bertz CT molecular complexity index is 995. The number of aliphatic carboxylic acids is 1. The second-order valence-electron chi connectivity index (χ2n) is 14.7. The smallest absolute Gasteiger partial charge is 0.310 e. The normalized spacial score (nSPS) is 55.1. The lowest BCUT2D eigenvalue weighted by Gasteiger charge is -2.71. The van der Waals surface area contributed by atoms with Crippen molar-refractivity contribution < 1.29 is 24.9 Å². The van der Waals surface area contributed by atoms with Gasteiger partial charge < -0.3 is 15.3 Å². The molecular formula is C30H46O5. The van der Waals surface area contributed by atoms with Crippen LogP contribution in [0.4, 0.5) is 0 Å². The van der Waals surface area contributed by atoms with Gasteiger partial charge in [-0.25, -0.2) is 0 Å². The van der Waals surface area contributed by atoms with Gasteiger partial charge in [0.25, 0.3) is 0 Å². The molecular weight excluding hydrogens is 440 g/mol. The third-order valence-corrected chi connectivity index (χ3v) is 13.2. The van der Waals surface area contributed by atoms with Gasteiger partial charge in [0.15, 0.2) is 5.78 Å². The Morgan fingerprint density at radius 3 is 2.26 bits per heavy atom. The van der Waals surface area contributed by atoms with Crippen LogP contribution in [0.3, 0.4) is 0 Å². The lowest BCUT2D eigenvalue weighted by molar-refractivity contribution is -0.215. The van der Waals surface area contributed by atoms with E-state index in [1.807, 2.05) is 6.92 Å². The summed E-state index contributed by atoms with van der Waals surface area (Å²) in [5.74, 6) is -0.588. The molecule has 4 saturated carbocycles. The summed E-state index contributed by atoms with van der Waals surface area (Å²) in [6.45, 7) is 15.1.